The second kappa shape index (κ2) is 10.2. The molecular formula is C27H27N5O4. The van der Waals surface area contributed by atoms with Gasteiger partial charge in [-0.25, -0.2) is 9.97 Å². The largest absolute Gasteiger partial charge is 0.489 e. The van der Waals surface area contributed by atoms with Gasteiger partial charge in [-0.2, -0.15) is 0 Å². The van der Waals surface area contributed by atoms with E-state index >= 15 is 0 Å². The van der Waals surface area contributed by atoms with Crippen LogP contribution in [-0.4, -0.2) is 56.7 Å². The summed E-state index contributed by atoms with van der Waals surface area (Å²) < 4.78 is 12.0. The van der Waals surface area contributed by atoms with Gasteiger partial charge in [-0.3, -0.25) is 9.78 Å². The number of aliphatic hydroxyl groups excluding tert-OH is 1. The molecule has 1 aliphatic rings. The molecule has 1 fully saturated rings. The molecule has 36 heavy (non-hydrogen) atoms. The van der Waals surface area contributed by atoms with Crippen molar-refractivity contribution in [2.24, 2.45) is 0 Å². The minimum atomic E-state index is -0.480. The zero-order valence-electron chi connectivity index (χ0n) is 20.1. The number of fused-ring (bicyclic) bond motifs is 1. The molecular weight excluding hydrogens is 458 g/mol. The molecule has 0 atom stereocenters. The molecule has 1 saturated heterocycles. The van der Waals surface area contributed by atoms with Crippen molar-refractivity contribution in [1.82, 2.24) is 19.9 Å². The van der Waals surface area contributed by atoms with Gasteiger partial charge >= 0.3 is 0 Å². The average molecular weight is 486 g/mol. The Kier molecular flexibility index (Phi) is 6.64. The minimum absolute atomic E-state index is 0.107. The van der Waals surface area contributed by atoms with Crippen LogP contribution in [0.5, 0.6) is 11.5 Å². The number of ether oxygens (including phenoxy) is 2. The number of carbonyl (C=O) groups is 1. The highest BCUT2D eigenvalue weighted by Gasteiger charge is 2.31. The second-order valence-corrected chi connectivity index (χ2v) is 8.80. The minimum Gasteiger partial charge on any atom is -0.489 e. The van der Waals surface area contributed by atoms with E-state index in [1.54, 1.807) is 4.90 Å². The van der Waals surface area contributed by atoms with Gasteiger partial charge < -0.3 is 24.8 Å². The van der Waals surface area contributed by atoms with Gasteiger partial charge in [-0.15, -0.1) is 0 Å². The lowest BCUT2D eigenvalue weighted by Gasteiger charge is -2.38. The maximum Gasteiger partial charge on any atom is 0.248 e. The van der Waals surface area contributed by atoms with E-state index < -0.39 is 6.61 Å². The van der Waals surface area contributed by atoms with E-state index in [9.17, 15) is 4.79 Å². The van der Waals surface area contributed by atoms with Gasteiger partial charge in [0.05, 0.1) is 18.6 Å². The van der Waals surface area contributed by atoms with Crippen molar-refractivity contribution in [3.8, 4) is 11.5 Å². The molecule has 3 heterocycles. The quantitative estimate of drug-likeness (QED) is 0.390. The van der Waals surface area contributed by atoms with Crippen LogP contribution in [0.25, 0.3) is 10.9 Å². The van der Waals surface area contributed by atoms with Crippen LogP contribution in [-0.2, 0) is 11.4 Å². The first-order valence-corrected chi connectivity index (χ1v) is 11.7. The van der Waals surface area contributed by atoms with Gasteiger partial charge in [0.25, 0.3) is 0 Å². The summed E-state index contributed by atoms with van der Waals surface area (Å²) >= 11 is 0. The monoisotopic (exact) mass is 485 g/mol. The molecule has 0 aliphatic carbocycles. The molecule has 1 amide bonds. The number of hydrogen-bond acceptors (Lipinski definition) is 8. The Morgan fingerprint density at radius 1 is 1.08 bits per heavy atom. The van der Waals surface area contributed by atoms with Crippen molar-refractivity contribution >= 4 is 28.3 Å². The number of aryl methyl sites for hydroxylation is 2. The zero-order chi connectivity index (χ0) is 25.1. The van der Waals surface area contributed by atoms with E-state index in [1.165, 1.54) is 6.33 Å². The summed E-state index contributed by atoms with van der Waals surface area (Å²) in [5.74, 6) is 1.85. The summed E-state index contributed by atoms with van der Waals surface area (Å²) in [6, 6.07) is 15.5. The van der Waals surface area contributed by atoms with Gasteiger partial charge in [-0.05, 0) is 61.9 Å². The van der Waals surface area contributed by atoms with E-state index in [2.05, 4.69) is 20.3 Å². The highest BCUT2D eigenvalue weighted by molar-refractivity contribution is 5.91. The van der Waals surface area contributed by atoms with Crippen molar-refractivity contribution in [2.45, 2.75) is 26.6 Å². The lowest BCUT2D eigenvalue weighted by atomic mass is 10.1. The molecule has 2 aromatic heterocycles. The van der Waals surface area contributed by atoms with E-state index in [1.807, 2.05) is 68.6 Å². The number of nitrogens with zero attached hydrogens (tertiary/aromatic N) is 4. The molecule has 9 heteroatoms. The van der Waals surface area contributed by atoms with E-state index in [0.29, 0.717) is 31.3 Å². The van der Waals surface area contributed by atoms with Crippen molar-refractivity contribution in [2.75, 3.05) is 25.0 Å². The van der Waals surface area contributed by atoms with Crippen LogP contribution >= 0.6 is 0 Å². The number of nitrogens with one attached hydrogen (secondary N) is 1. The predicted octanol–water partition coefficient (Wildman–Crippen LogP) is 3.55. The molecule has 0 saturated carbocycles. The van der Waals surface area contributed by atoms with Crippen molar-refractivity contribution < 1.29 is 19.4 Å². The van der Waals surface area contributed by atoms with Crippen LogP contribution in [0.4, 0.5) is 11.5 Å². The molecule has 4 aromatic rings. The molecule has 0 radical (unpaired) electrons. The summed E-state index contributed by atoms with van der Waals surface area (Å²) in [7, 11) is 0. The van der Waals surface area contributed by atoms with E-state index in [0.717, 1.165) is 39.2 Å². The van der Waals surface area contributed by atoms with Gasteiger partial charge in [0.15, 0.2) is 0 Å². The number of pyridine rings is 1. The third kappa shape index (κ3) is 5.21. The lowest BCUT2D eigenvalue weighted by Crippen LogP contribution is -2.56. The van der Waals surface area contributed by atoms with Crippen LogP contribution in [0.1, 0.15) is 16.8 Å². The third-order valence-corrected chi connectivity index (χ3v) is 6.05. The molecule has 2 aromatic carbocycles. The van der Waals surface area contributed by atoms with Gasteiger partial charge in [0.1, 0.15) is 43.0 Å². The maximum atomic E-state index is 11.5. The standard InChI is InChI=1S/C27H27N5O4/c1-17-9-20(5-8-25(17)35-15-19-4-3-18(2)28-11-19)31-27-23-10-21(6-7-24(23)29-16-30-27)36-22-12-32(13-22)26(34)14-33/h3-11,16,22,33H,12-15H2,1-2H3,(H,29,30,31). The average Bonchev–Trinajstić information content (AvgIpc) is 2.86. The fourth-order valence-electron chi connectivity index (χ4n) is 3.99. The molecule has 2 N–H and O–H groups in total. The first kappa shape index (κ1) is 23.5. The summed E-state index contributed by atoms with van der Waals surface area (Å²) in [6.45, 7) is 4.85. The Labute approximate surface area is 208 Å². The number of hydrogen-bond donors (Lipinski definition) is 2. The molecule has 0 spiro atoms. The maximum absolute atomic E-state index is 11.5. The zero-order valence-corrected chi connectivity index (χ0v) is 20.1. The number of aromatic nitrogens is 3. The van der Waals surface area contributed by atoms with E-state index in [4.69, 9.17) is 14.6 Å². The summed E-state index contributed by atoms with van der Waals surface area (Å²) in [4.78, 5) is 26.2. The van der Waals surface area contributed by atoms with Crippen LogP contribution in [0, 0.1) is 13.8 Å². The predicted molar refractivity (Wildman–Crippen MR) is 135 cm³/mol. The molecule has 184 valence electrons. The number of amides is 1. The smallest absolute Gasteiger partial charge is 0.248 e. The van der Waals surface area contributed by atoms with Crippen molar-refractivity contribution in [3.05, 3.63) is 77.9 Å². The normalized spacial score (nSPS) is 13.4. The third-order valence-electron chi connectivity index (χ3n) is 6.05. The van der Waals surface area contributed by atoms with Crippen LogP contribution in [0.3, 0.4) is 0 Å². The number of aliphatic hydroxyl groups is 1. The van der Waals surface area contributed by atoms with Crippen LogP contribution in [0.15, 0.2) is 61.1 Å². The van der Waals surface area contributed by atoms with Crippen LogP contribution in [0.2, 0.25) is 0 Å². The molecule has 9 nitrogen and oxygen atoms in total. The fourth-order valence-corrected chi connectivity index (χ4v) is 3.99. The fraction of sp³-hybridized carbons (Fsp3) is 0.259. The second-order valence-electron chi connectivity index (χ2n) is 8.80. The van der Waals surface area contributed by atoms with Crippen molar-refractivity contribution in [3.63, 3.8) is 0 Å². The van der Waals surface area contributed by atoms with Gasteiger partial charge in [0, 0.05) is 28.5 Å². The first-order valence-electron chi connectivity index (χ1n) is 11.7. The summed E-state index contributed by atoms with van der Waals surface area (Å²) in [5, 5.41) is 13.2. The molecule has 5 rings (SSSR count). The highest BCUT2D eigenvalue weighted by Crippen LogP contribution is 2.30. The molecule has 0 bridgehead atoms. The first-order chi connectivity index (χ1) is 17.5. The van der Waals surface area contributed by atoms with Gasteiger partial charge in [-0.1, -0.05) is 6.07 Å². The number of carbonyl (C=O) groups excluding carboxylic acids is 1. The number of anilines is 2. The van der Waals surface area contributed by atoms with Gasteiger partial charge in [0.2, 0.25) is 5.91 Å². The van der Waals surface area contributed by atoms with E-state index in [-0.39, 0.29) is 12.0 Å². The summed E-state index contributed by atoms with van der Waals surface area (Å²) in [6.07, 6.45) is 3.24. The molecule has 0 unspecified atom stereocenters. The van der Waals surface area contributed by atoms with Crippen LogP contribution < -0.4 is 14.8 Å². The number of likely N-dealkylation sites (tertiary alicyclic amines) is 1. The lowest BCUT2D eigenvalue weighted by molar-refractivity contribution is -0.142. The van der Waals surface area contributed by atoms with Crippen molar-refractivity contribution in [1.29, 1.82) is 0 Å². The Balaban J connectivity index is 1.27. The number of benzene rings is 2. The Morgan fingerprint density at radius 2 is 1.94 bits per heavy atom. The highest BCUT2D eigenvalue weighted by atomic mass is 16.5. The Hall–Kier alpha value is -4.24. The number of rotatable bonds is 8. The SMILES string of the molecule is Cc1ccc(COc2ccc(Nc3ncnc4ccc(OC5CN(C(=O)CO)C5)cc34)cc2C)cn1. The topological polar surface area (TPSA) is 110 Å². The Bertz CT molecular complexity index is 1390. The Morgan fingerprint density at radius 3 is 2.69 bits per heavy atom. The summed E-state index contributed by atoms with van der Waals surface area (Å²) in [5.41, 5.74) is 4.65. The molecule has 1 aliphatic heterocycles.